The molecule has 1 unspecified atom stereocenters. The van der Waals surface area contributed by atoms with Crippen LogP contribution in [0.5, 0.6) is 5.75 Å². The normalized spacial score (nSPS) is 17.8. The number of amides is 1. The molecular weight excluding hydrogens is 344 g/mol. The first-order chi connectivity index (χ1) is 13.1. The minimum absolute atomic E-state index is 0.000399. The minimum atomic E-state index is -0.240. The number of ether oxygens (including phenoxy) is 2. The zero-order chi connectivity index (χ0) is 19.1. The molecule has 0 saturated carbocycles. The Hall–Kier alpha value is -2.31. The molecule has 1 aromatic carbocycles. The lowest BCUT2D eigenvalue weighted by Crippen LogP contribution is -2.48. The van der Waals surface area contributed by atoms with Crippen molar-refractivity contribution < 1.29 is 18.7 Å². The Bertz CT molecular complexity index is 714. The van der Waals surface area contributed by atoms with Crippen LogP contribution in [0.15, 0.2) is 47.1 Å². The van der Waals surface area contributed by atoms with Gasteiger partial charge in [-0.2, -0.15) is 0 Å². The first-order valence-electron chi connectivity index (χ1n) is 9.48. The molecule has 1 fully saturated rings. The molecule has 1 saturated heterocycles. The predicted octanol–water partition coefficient (Wildman–Crippen LogP) is 2.95. The fraction of sp³-hybridized carbons (Fsp3) is 0.476. The van der Waals surface area contributed by atoms with Crippen LogP contribution in [0.1, 0.15) is 30.0 Å². The van der Waals surface area contributed by atoms with Crippen LogP contribution in [0.2, 0.25) is 0 Å². The first-order valence-corrected chi connectivity index (χ1v) is 9.48. The summed E-state index contributed by atoms with van der Waals surface area (Å²) in [6.07, 6.45) is 1.51. The van der Waals surface area contributed by atoms with Crippen LogP contribution in [0.3, 0.4) is 0 Å². The highest BCUT2D eigenvalue weighted by Gasteiger charge is 2.23. The number of furan rings is 1. The number of benzene rings is 1. The van der Waals surface area contributed by atoms with E-state index >= 15 is 0 Å². The number of rotatable bonds is 8. The summed E-state index contributed by atoms with van der Waals surface area (Å²) in [5.41, 5.74) is 0.724. The highest BCUT2D eigenvalue weighted by molar-refractivity contribution is 5.92. The van der Waals surface area contributed by atoms with Crippen LogP contribution in [-0.4, -0.2) is 49.7 Å². The molecule has 0 spiro atoms. The summed E-state index contributed by atoms with van der Waals surface area (Å²) < 4.78 is 16.9. The SMILES string of the molecule is CC(C)CN1CCOC(CNC(=O)c2occc2COc2ccccc2)C1. The lowest BCUT2D eigenvalue weighted by Gasteiger charge is -2.33. The van der Waals surface area contributed by atoms with Crippen molar-refractivity contribution in [2.24, 2.45) is 5.92 Å². The summed E-state index contributed by atoms with van der Waals surface area (Å²) in [5, 5.41) is 2.93. The lowest BCUT2D eigenvalue weighted by atomic mass is 10.1. The maximum absolute atomic E-state index is 12.5. The van der Waals surface area contributed by atoms with Crippen molar-refractivity contribution in [3.05, 3.63) is 54.0 Å². The van der Waals surface area contributed by atoms with Gasteiger partial charge in [0, 0.05) is 31.7 Å². The van der Waals surface area contributed by atoms with Gasteiger partial charge in [0.15, 0.2) is 5.76 Å². The topological polar surface area (TPSA) is 63.9 Å². The molecule has 1 aromatic heterocycles. The third-order valence-corrected chi connectivity index (χ3v) is 4.43. The quantitative estimate of drug-likeness (QED) is 0.772. The smallest absolute Gasteiger partial charge is 0.287 e. The fourth-order valence-corrected chi connectivity index (χ4v) is 3.20. The number of morpholine rings is 1. The van der Waals surface area contributed by atoms with Crippen LogP contribution in [-0.2, 0) is 11.3 Å². The second-order valence-electron chi connectivity index (χ2n) is 7.23. The van der Waals surface area contributed by atoms with Crippen molar-refractivity contribution in [1.82, 2.24) is 10.2 Å². The van der Waals surface area contributed by atoms with E-state index in [-0.39, 0.29) is 18.6 Å². The largest absolute Gasteiger partial charge is 0.489 e. The summed E-state index contributed by atoms with van der Waals surface area (Å²) in [6.45, 7) is 8.70. The molecule has 2 aromatic rings. The van der Waals surface area contributed by atoms with Gasteiger partial charge in [-0.15, -0.1) is 0 Å². The number of para-hydroxylation sites is 1. The second-order valence-corrected chi connectivity index (χ2v) is 7.23. The van der Waals surface area contributed by atoms with Crippen molar-refractivity contribution in [3.63, 3.8) is 0 Å². The predicted molar refractivity (Wildman–Crippen MR) is 103 cm³/mol. The number of nitrogens with zero attached hydrogens (tertiary/aromatic N) is 1. The molecule has 1 aliphatic rings. The van der Waals surface area contributed by atoms with E-state index in [2.05, 4.69) is 24.1 Å². The molecule has 1 aliphatic heterocycles. The van der Waals surface area contributed by atoms with Crippen molar-refractivity contribution in [2.75, 3.05) is 32.8 Å². The zero-order valence-electron chi connectivity index (χ0n) is 16.0. The van der Waals surface area contributed by atoms with Crippen LogP contribution in [0.4, 0.5) is 0 Å². The molecule has 2 heterocycles. The molecule has 27 heavy (non-hydrogen) atoms. The van der Waals surface area contributed by atoms with Crippen LogP contribution >= 0.6 is 0 Å². The molecule has 0 radical (unpaired) electrons. The maximum Gasteiger partial charge on any atom is 0.287 e. The van der Waals surface area contributed by atoms with Gasteiger partial charge in [0.2, 0.25) is 0 Å². The highest BCUT2D eigenvalue weighted by Crippen LogP contribution is 2.16. The van der Waals surface area contributed by atoms with Gasteiger partial charge in [0.05, 0.1) is 19.0 Å². The van der Waals surface area contributed by atoms with Crippen molar-refractivity contribution in [2.45, 2.75) is 26.6 Å². The molecule has 0 aliphatic carbocycles. The molecule has 3 rings (SSSR count). The fourth-order valence-electron chi connectivity index (χ4n) is 3.20. The Labute approximate surface area is 160 Å². The number of carbonyl (C=O) groups is 1. The number of hydrogen-bond acceptors (Lipinski definition) is 5. The molecule has 1 amide bonds. The van der Waals surface area contributed by atoms with E-state index in [1.165, 1.54) is 6.26 Å². The van der Waals surface area contributed by atoms with Crippen LogP contribution < -0.4 is 10.1 Å². The molecule has 146 valence electrons. The van der Waals surface area contributed by atoms with Crippen molar-refractivity contribution >= 4 is 5.91 Å². The van der Waals surface area contributed by atoms with E-state index in [1.54, 1.807) is 6.07 Å². The number of nitrogens with one attached hydrogen (secondary N) is 1. The van der Waals surface area contributed by atoms with Gasteiger partial charge in [-0.3, -0.25) is 9.69 Å². The molecule has 6 nitrogen and oxygen atoms in total. The molecule has 1 atom stereocenters. The number of carbonyl (C=O) groups excluding carboxylic acids is 1. The standard InChI is InChI=1S/C21H28N2O4/c1-16(2)13-23-9-11-25-19(14-23)12-22-21(24)20-17(8-10-26-20)15-27-18-6-4-3-5-7-18/h3-8,10,16,19H,9,11-15H2,1-2H3,(H,22,24). The summed E-state index contributed by atoms with van der Waals surface area (Å²) in [6, 6.07) is 11.3. The van der Waals surface area contributed by atoms with Crippen LogP contribution in [0.25, 0.3) is 0 Å². The Kier molecular flexibility index (Phi) is 6.90. The van der Waals surface area contributed by atoms with E-state index < -0.39 is 0 Å². The van der Waals surface area contributed by atoms with E-state index in [0.717, 1.165) is 30.9 Å². The van der Waals surface area contributed by atoms with Gasteiger partial charge < -0.3 is 19.2 Å². The van der Waals surface area contributed by atoms with Gasteiger partial charge in [0.25, 0.3) is 5.91 Å². The summed E-state index contributed by atoms with van der Waals surface area (Å²) >= 11 is 0. The monoisotopic (exact) mass is 372 g/mol. The van der Waals surface area contributed by atoms with E-state index in [9.17, 15) is 4.79 Å². The highest BCUT2D eigenvalue weighted by atomic mass is 16.5. The Morgan fingerprint density at radius 1 is 1.30 bits per heavy atom. The van der Waals surface area contributed by atoms with Crippen LogP contribution in [0, 0.1) is 5.92 Å². The Morgan fingerprint density at radius 3 is 2.89 bits per heavy atom. The first kappa shape index (κ1) is 19.5. The Balaban J connectivity index is 1.49. The minimum Gasteiger partial charge on any atom is -0.489 e. The summed E-state index contributed by atoms with van der Waals surface area (Å²) in [5.74, 6) is 1.43. The summed E-state index contributed by atoms with van der Waals surface area (Å²) in [7, 11) is 0. The van der Waals surface area contributed by atoms with E-state index in [1.807, 2.05) is 30.3 Å². The van der Waals surface area contributed by atoms with E-state index in [4.69, 9.17) is 13.9 Å². The molecule has 6 heteroatoms. The maximum atomic E-state index is 12.5. The van der Waals surface area contributed by atoms with E-state index in [0.29, 0.717) is 24.8 Å². The third kappa shape index (κ3) is 5.84. The summed E-state index contributed by atoms with van der Waals surface area (Å²) in [4.78, 5) is 14.9. The third-order valence-electron chi connectivity index (χ3n) is 4.43. The van der Waals surface area contributed by atoms with Gasteiger partial charge in [-0.25, -0.2) is 0 Å². The van der Waals surface area contributed by atoms with Crippen molar-refractivity contribution in [3.8, 4) is 5.75 Å². The molecular formula is C21H28N2O4. The second kappa shape index (κ2) is 9.58. The molecule has 1 N–H and O–H groups in total. The average Bonchev–Trinajstić information content (AvgIpc) is 3.14. The Morgan fingerprint density at radius 2 is 2.11 bits per heavy atom. The van der Waals surface area contributed by atoms with Gasteiger partial charge in [-0.05, 0) is 24.1 Å². The lowest BCUT2D eigenvalue weighted by molar-refractivity contribution is -0.0296. The van der Waals surface area contributed by atoms with Crippen molar-refractivity contribution in [1.29, 1.82) is 0 Å². The number of hydrogen-bond donors (Lipinski definition) is 1. The van der Waals surface area contributed by atoms with Gasteiger partial charge >= 0.3 is 0 Å². The average molecular weight is 372 g/mol. The van der Waals surface area contributed by atoms with Gasteiger partial charge in [-0.1, -0.05) is 32.0 Å². The zero-order valence-corrected chi connectivity index (χ0v) is 16.0. The molecule has 0 bridgehead atoms. The van der Waals surface area contributed by atoms with Gasteiger partial charge in [0.1, 0.15) is 12.4 Å².